The van der Waals surface area contributed by atoms with Gasteiger partial charge in [0.2, 0.25) is 0 Å². The van der Waals surface area contributed by atoms with Gasteiger partial charge in [0.25, 0.3) is 0 Å². The molecule has 2 aliphatic rings. The second-order valence-corrected chi connectivity index (χ2v) is 7.21. The van der Waals surface area contributed by atoms with E-state index in [1.165, 1.54) is 22.9 Å². The Kier molecular flexibility index (Phi) is 4.54. The number of halogens is 3. The molecule has 5 rings (SSSR count). The fraction of sp³-hybridized carbons (Fsp3) is 0.0870. The number of hydrogen-bond acceptors (Lipinski definition) is 4. The minimum absolute atomic E-state index is 0.0205. The van der Waals surface area contributed by atoms with E-state index in [4.69, 9.17) is 4.52 Å². The molecule has 31 heavy (non-hydrogen) atoms. The first-order valence-corrected chi connectivity index (χ1v) is 9.48. The van der Waals surface area contributed by atoms with Crippen molar-refractivity contribution in [2.45, 2.75) is 13.5 Å². The number of pyridine rings is 1. The summed E-state index contributed by atoms with van der Waals surface area (Å²) in [7, 11) is 0. The van der Waals surface area contributed by atoms with Crippen LogP contribution in [0.25, 0.3) is 34.0 Å². The van der Waals surface area contributed by atoms with Crippen LogP contribution in [0.15, 0.2) is 65.4 Å². The zero-order chi connectivity index (χ0) is 21.5. The van der Waals surface area contributed by atoms with E-state index in [0.717, 1.165) is 17.2 Å². The van der Waals surface area contributed by atoms with Gasteiger partial charge in [-0.25, -0.2) is 23.1 Å². The second kappa shape index (κ2) is 7.39. The van der Waals surface area contributed by atoms with Crippen molar-refractivity contribution >= 4 is 0 Å². The van der Waals surface area contributed by atoms with Crippen molar-refractivity contribution in [2.24, 2.45) is 0 Å². The summed E-state index contributed by atoms with van der Waals surface area (Å²) in [6.07, 6.45) is 2.82. The number of aromatic nitrogens is 4. The Balaban J connectivity index is 1.46. The van der Waals surface area contributed by atoms with Gasteiger partial charge in [-0.15, -0.1) is 0 Å². The van der Waals surface area contributed by atoms with E-state index in [0.29, 0.717) is 11.5 Å². The predicted molar refractivity (Wildman–Crippen MR) is 108 cm³/mol. The molecule has 3 heterocycles. The summed E-state index contributed by atoms with van der Waals surface area (Å²) in [6.45, 7) is 2.21. The van der Waals surface area contributed by atoms with Gasteiger partial charge in [0.15, 0.2) is 29.0 Å². The van der Waals surface area contributed by atoms with E-state index >= 15 is 0 Å². The van der Waals surface area contributed by atoms with Crippen LogP contribution in [0.4, 0.5) is 13.2 Å². The molecule has 154 valence electrons. The molecule has 2 aromatic carbocycles. The van der Waals surface area contributed by atoms with Gasteiger partial charge >= 0.3 is 0 Å². The molecule has 3 aromatic rings. The van der Waals surface area contributed by atoms with Crippen molar-refractivity contribution in [1.82, 2.24) is 19.7 Å². The monoisotopic (exact) mass is 420 g/mol. The van der Waals surface area contributed by atoms with E-state index in [2.05, 4.69) is 15.1 Å². The van der Waals surface area contributed by atoms with E-state index in [-0.39, 0.29) is 29.3 Å². The first kappa shape index (κ1) is 19.0. The second-order valence-electron chi connectivity index (χ2n) is 7.21. The fourth-order valence-corrected chi connectivity index (χ4v) is 3.34. The minimum atomic E-state index is -1.07. The molecule has 1 aromatic heterocycles. The van der Waals surface area contributed by atoms with Crippen molar-refractivity contribution in [3.8, 4) is 34.0 Å². The summed E-state index contributed by atoms with van der Waals surface area (Å²) in [5.74, 6) is -2.28. The summed E-state index contributed by atoms with van der Waals surface area (Å²) in [4.78, 5) is 8.23. The lowest BCUT2D eigenvalue weighted by Gasteiger charge is -2.06. The van der Waals surface area contributed by atoms with Gasteiger partial charge in [-0.05, 0) is 19.1 Å². The topological polar surface area (TPSA) is 56.7 Å². The molecule has 0 unspecified atom stereocenters. The lowest BCUT2D eigenvalue weighted by molar-refractivity contribution is 0.377. The Morgan fingerprint density at radius 2 is 1.71 bits per heavy atom. The van der Waals surface area contributed by atoms with Crippen LogP contribution in [-0.2, 0) is 6.54 Å². The maximum Gasteiger partial charge on any atom is 0.169 e. The van der Waals surface area contributed by atoms with Crippen LogP contribution in [0.1, 0.15) is 11.3 Å². The SMILES string of the molecule is Cc1ccc(-c2cc(Cn3cc4nc(-c5cccc(F)c5F)nc-4c(F)c3)on2)cc1. The maximum absolute atomic E-state index is 14.6. The molecule has 0 aliphatic carbocycles. The highest BCUT2D eigenvalue weighted by Crippen LogP contribution is 2.29. The number of imidazole rings is 1. The third-order valence-electron chi connectivity index (χ3n) is 4.92. The van der Waals surface area contributed by atoms with Crippen LogP contribution in [0.3, 0.4) is 0 Å². The third kappa shape index (κ3) is 3.56. The molecule has 5 nitrogen and oxygen atoms in total. The number of fused-ring (bicyclic) bond motifs is 1. The standard InChI is InChI=1S/C23H15F3N4O/c1-13-5-7-14(8-6-13)19-9-15(31-29-19)10-30-11-18(25)22-20(12-30)27-23(28-22)16-3-2-4-17(24)21(16)26/h2-9,11-12H,10H2,1H3. The van der Waals surface area contributed by atoms with Gasteiger partial charge in [-0.2, -0.15) is 0 Å². The zero-order valence-electron chi connectivity index (χ0n) is 16.3. The van der Waals surface area contributed by atoms with Gasteiger partial charge in [-0.1, -0.05) is 41.1 Å². The fourth-order valence-electron chi connectivity index (χ4n) is 3.34. The smallest absolute Gasteiger partial charge is 0.169 e. The normalized spacial score (nSPS) is 11.4. The van der Waals surface area contributed by atoms with Crippen LogP contribution < -0.4 is 0 Å². The molecule has 0 bridgehead atoms. The van der Waals surface area contributed by atoms with E-state index in [1.807, 2.05) is 31.2 Å². The maximum atomic E-state index is 14.6. The average Bonchev–Trinajstić information content (AvgIpc) is 3.38. The number of hydrogen-bond donors (Lipinski definition) is 0. The van der Waals surface area contributed by atoms with Crippen molar-refractivity contribution in [2.75, 3.05) is 0 Å². The number of rotatable bonds is 4. The highest BCUT2D eigenvalue weighted by atomic mass is 19.2. The number of benzene rings is 2. The van der Waals surface area contributed by atoms with Gasteiger partial charge in [-0.3, -0.25) is 0 Å². The van der Waals surface area contributed by atoms with Gasteiger partial charge < -0.3 is 9.09 Å². The zero-order valence-corrected chi connectivity index (χ0v) is 16.3. The molecule has 0 N–H and O–H groups in total. The lowest BCUT2D eigenvalue weighted by atomic mass is 10.1. The van der Waals surface area contributed by atoms with Gasteiger partial charge in [0.1, 0.15) is 17.1 Å². The molecule has 0 spiro atoms. The molecule has 0 amide bonds. The Bertz CT molecular complexity index is 1360. The largest absolute Gasteiger partial charge is 0.359 e. The van der Waals surface area contributed by atoms with Crippen LogP contribution >= 0.6 is 0 Å². The van der Waals surface area contributed by atoms with Crippen LogP contribution in [0.5, 0.6) is 0 Å². The molecule has 8 heteroatoms. The van der Waals surface area contributed by atoms with Crippen molar-refractivity contribution in [3.05, 3.63) is 89.7 Å². The van der Waals surface area contributed by atoms with E-state index < -0.39 is 17.5 Å². The quantitative estimate of drug-likeness (QED) is 0.386. The van der Waals surface area contributed by atoms with E-state index in [9.17, 15) is 13.2 Å². The molecule has 0 saturated carbocycles. The summed E-state index contributed by atoms with van der Waals surface area (Å²) in [6, 6.07) is 13.3. The minimum Gasteiger partial charge on any atom is -0.359 e. The molecular weight excluding hydrogens is 405 g/mol. The molecular formula is C23H15F3N4O. The first-order valence-electron chi connectivity index (χ1n) is 9.48. The summed E-state index contributed by atoms with van der Waals surface area (Å²) < 4.78 is 49.2. The number of nitrogens with zero attached hydrogens (tertiary/aromatic N) is 4. The predicted octanol–water partition coefficient (Wildman–Crippen LogP) is 5.48. The van der Waals surface area contributed by atoms with Crippen LogP contribution in [0, 0.1) is 24.4 Å². The Labute approximate surface area is 175 Å². The average molecular weight is 420 g/mol. The molecule has 0 radical (unpaired) electrons. The highest BCUT2D eigenvalue weighted by Gasteiger charge is 2.21. The van der Waals surface area contributed by atoms with Crippen LogP contribution in [-0.4, -0.2) is 19.7 Å². The molecule has 0 atom stereocenters. The summed E-state index contributed by atoms with van der Waals surface area (Å²) in [5.41, 5.74) is 2.80. The summed E-state index contributed by atoms with van der Waals surface area (Å²) in [5, 5.41) is 4.07. The van der Waals surface area contributed by atoms with Crippen molar-refractivity contribution in [3.63, 3.8) is 0 Å². The van der Waals surface area contributed by atoms with Crippen LogP contribution in [0.2, 0.25) is 0 Å². The lowest BCUT2D eigenvalue weighted by Crippen LogP contribution is -2.02. The molecule has 0 saturated heterocycles. The van der Waals surface area contributed by atoms with Crippen molar-refractivity contribution in [1.29, 1.82) is 0 Å². The Morgan fingerprint density at radius 1 is 0.903 bits per heavy atom. The van der Waals surface area contributed by atoms with Gasteiger partial charge in [0, 0.05) is 24.0 Å². The van der Waals surface area contributed by atoms with E-state index in [1.54, 1.807) is 12.3 Å². The third-order valence-corrected chi connectivity index (χ3v) is 4.92. The highest BCUT2D eigenvalue weighted by molar-refractivity contribution is 5.66. The molecule has 0 fully saturated rings. The van der Waals surface area contributed by atoms with Crippen molar-refractivity contribution < 1.29 is 17.7 Å². The molecule has 2 aliphatic heterocycles. The number of aryl methyl sites for hydroxylation is 1. The first-order chi connectivity index (χ1) is 15.0. The Morgan fingerprint density at radius 3 is 2.52 bits per heavy atom. The van der Waals surface area contributed by atoms with Gasteiger partial charge in [0.05, 0.1) is 12.1 Å². The summed E-state index contributed by atoms with van der Waals surface area (Å²) >= 11 is 0. The Hall–Kier alpha value is -3.94.